The van der Waals surface area contributed by atoms with Gasteiger partial charge in [0.15, 0.2) is 0 Å². The van der Waals surface area contributed by atoms with Crippen LogP contribution in [0.15, 0.2) is 156 Å². The Bertz CT molecular complexity index is 3300. The highest BCUT2D eigenvalue weighted by Gasteiger charge is 2.41. The average molecular weight is 806 g/mol. The molecule has 11 rings (SSSR count). The molecule has 0 atom stereocenters. The first kappa shape index (κ1) is 38.5. The molecule has 0 spiro atoms. The molecule has 8 aromatic carbocycles. The molecule has 0 fully saturated rings. The normalized spacial score (nSPS) is 14.9. The fourth-order valence-corrected chi connectivity index (χ4v) is 10.9. The zero-order valence-corrected chi connectivity index (χ0v) is 37.8. The van der Waals surface area contributed by atoms with Crippen LogP contribution >= 0.6 is 0 Å². The van der Waals surface area contributed by atoms with Gasteiger partial charge in [-0.1, -0.05) is 172 Å². The van der Waals surface area contributed by atoms with E-state index in [1.807, 2.05) is 0 Å². The number of hydrogen-bond donors (Lipinski definition) is 0. The van der Waals surface area contributed by atoms with E-state index in [0.717, 1.165) is 22.5 Å². The Kier molecular flexibility index (Phi) is 8.12. The minimum atomic E-state index is -0.314. The smallest absolute Gasteiger partial charge is 0.139 e. The first-order valence-corrected chi connectivity index (χ1v) is 22.3. The fourth-order valence-electron chi connectivity index (χ4n) is 10.9. The topological polar surface area (TPSA) is 16.4 Å². The Morgan fingerprint density at radius 3 is 1.87 bits per heavy atom. The van der Waals surface area contributed by atoms with Crippen molar-refractivity contribution in [2.75, 3.05) is 4.90 Å². The van der Waals surface area contributed by atoms with Crippen LogP contribution in [0.25, 0.3) is 66.1 Å². The Morgan fingerprint density at radius 1 is 0.452 bits per heavy atom. The summed E-state index contributed by atoms with van der Waals surface area (Å²) in [5.41, 5.74) is 20.6. The molecular weight excluding hydrogens is 751 g/mol. The highest BCUT2D eigenvalue weighted by atomic mass is 16.3. The predicted octanol–water partition coefficient (Wildman–Crippen LogP) is 17.1. The standard InChI is InChI=1S/C60H55NO/c1-57(2,3)38-31-48-47-34-46-45-22-16-24-53(55(45)60(9,10)51(46)35-54(47)62-56(48)52(32-38)58(4,5)6)61(40-29-30-44-43-20-13-14-23-49(43)59(7,8)50(44)33-40)39-27-25-37(26-28-39)42-21-15-18-36-17-11-12-19-41(36)42/h11-35H,1-10H3. The Morgan fingerprint density at radius 2 is 1.10 bits per heavy atom. The van der Waals surface area contributed by atoms with Crippen LogP contribution in [0.3, 0.4) is 0 Å². The van der Waals surface area contributed by atoms with E-state index in [-0.39, 0.29) is 21.7 Å². The summed E-state index contributed by atoms with van der Waals surface area (Å²) in [6.07, 6.45) is 0. The zero-order chi connectivity index (χ0) is 43.1. The van der Waals surface area contributed by atoms with Gasteiger partial charge in [-0.3, -0.25) is 0 Å². The molecule has 0 unspecified atom stereocenters. The second kappa shape index (κ2) is 13.1. The van der Waals surface area contributed by atoms with Crippen molar-refractivity contribution in [3.63, 3.8) is 0 Å². The monoisotopic (exact) mass is 805 g/mol. The quantitative estimate of drug-likeness (QED) is 0.176. The van der Waals surface area contributed by atoms with Crippen molar-refractivity contribution in [1.29, 1.82) is 0 Å². The largest absolute Gasteiger partial charge is 0.456 e. The third-order valence-electron chi connectivity index (χ3n) is 14.3. The number of fused-ring (bicyclic) bond motifs is 10. The fraction of sp³-hybridized carbons (Fsp3) is 0.233. The number of benzene rings is 8. The van der Waals surface area contributed by atoms with Crippen LogP contribution in [-0.4, -0.2) is 0 Å². The molecule has 2 nitrogen and oxygen atoms in total. The van der Waals surface area contributed by atoms with Gasteiger partial charge in [-0.2, -0.15) is 0 Å². The maximum absolute atomic E-state index is 6.96. The number of nitrogens with zero attached hydrogens (tertiary/aromatic N) is 1. The molecule has 0 bridgehead atoms. The molecule has 9 aromatic rings. The second-order valence-electron chi connectivity index (χ2n) is 21.0. The maximum Gasteiger partial charge on any atom is 0.139 e. The van der Waals surface area contributed by atoms with Gasteiger partial charge < -0.3 is 9.32 Å². The first-order valence-electron chi connectivity index (χ1n) is 22.3. The highest BCUT2D eigenvalue weighted by molar-refractivity contribution is 6.10. The lowest BCUT2D eigenvalue weighted by atomic mass is 9.79. The SMILES string of the molecule is CC(C)(C)c1cc(C(C)(C)C)c2oc3cc4c(cc3c2c1)-c1cccc(N(c2ccc(-c3cccc5ccccc35)cc2)c2ccc3c(c2)C(C)(C)c2ccccc2-3)c1C4(C)C. The molecule has 0 saturated carbocycles. The number of anilines is 3. The number of hydrogen-bond acceptors (Lipinski definition) is 2. The summed E-state index contributed by atoms with van der Waals surface area (Å²) in [4.78, 5) is 2.52. The van der Waals surface area contributed by atoms with E-state index in [2.05, 4.69) is 226 Å². The van der Waals surface area contributed by atoms with Crippen molar-refractivity contribution >= 4 is 49.8 Å². The molecule has 0 saturated heterocycles. The lowest BCUT2D eigenvalue weighted by Crippen LogP contribution is -2.21. The molecule has 0 aliphatic heterocycles. The molecule has 0 amide bonds. The van der Waals surface area contributed by atoms with Crippen molar-refractivity contribution in [1.82, 2.24) is 0 Å². The van der Waals surface area contributed by atoms with Gasteiger partial charge in [-0.25, -0.2) is 0 Å². The van der Waals surface area contributed by atoms with Crippen molar-refractivity contribution < 1.29 is 4.42 Å². The summed E-state index contributed by atoms with van der Waals surface area (Å²) < 4.78 is 6.96. The molecule has 0 N–H and O–H groups in total. The van der Waals surface area contributed by atoms with Gasteiger partial charge in [-0.15, -0.1) is 0 Å². The molecule has 2 aliphatic carbocycles. The van der Waals surface area contributed by atoms with E-state index in [4.69, 9.17) is 4.42 Å². The maximum atomic E-state index is 6.96. The highest BCUT2D eigenvalue weighted by Crippen LogP contribution is 2.57. The minimum Gasteiger partial charge on any atom is -0.456 e. The molecule has 62 heavy (non-hydrogen) atoms. The predicted molar refractivity (Wildman–Crippen MR) is 264 cm³/mol. The van der Waals surface area contributed by atoms with Crippen LogP contribution in [0, 0.1) is 0 Å². The summed E-state index contributed by atoms with van der Waals surface area (Å²) in [5.74, 6) is 0. The van der Waals surface area contributed by atoms with Crippen LogP contribution in [0.4, 0.5) is 17.1 Å². The van der Waals surface area contributed by atoms with E-state index < -0.39 is 0 Å². The van der Waals surface area contributed by atoms with Gasteiger partial charge in [-0.05, 0) is 131 Å². The summed E-state index contributed by atoms with van der Waals surface area (Å²) in [5, 5.41) is 4.91. The van der Waals surface area contributed by atoms with Crippen molar-refractivity contribution in [2.24, 2.45) is 0 Å². The Hall–Kier alpha value is -6.38. The third-order valence-corrected chi connectivity index (χ3v) is 14.3. The molecule has 306 valence electrons. The van der Waals surface area contributed by atoms with E-state index in [0.29, 0.717) is 0 Å². The van der Waals surface area contributed by atoms with Gasteiger partial charge in [0.25, 0.3) is 0 Å². The Labute approximate surface area is 366 Å². The van der Waals surface area contributed by atoms with E-state index >= 15 is 0 Å². The van der Waals surface area contributed by atoms with Gasteiger partial charge in [0.1, 0.15) is 11.2 Å². The van der Waals surface area contributed by atoms with E-state index in [1.54, 1.807) is 0 Å². The summed E-state index contributed by atoms with van der Waals surface area (Å²) in [7, 11) is 0. The number of rotatable bonds is 4. The van der Waals surface area contributed by atoms with Gasteiger partial charge >= 0.3 is 0 Å². The van der Waals surface area contributed by atoms with Crippen LogP contribution in [0.1, 0.15) is 103 Å². The van der Waals surface area contributed by atoms with Crippen molar-refractivity contribution in [3.05, 3.63) is 185 Å². The third kappa shape index (κ3) is 5.61. The van der Waals surface area contributed by atoms with Gasteiger partial charge in [0.05, 0.1) is 5.69 Å². The Balaban J connectivity index is 1.12. The summed E-state index contributed by atoms with van der Waals surface area (Å²) >= 11 is 0. The molecule has 1 aromatic heterocycles. The van der Waals surface area contributed by atoms with E-state index in [1.165, 1.54) is 94.0 Å². The molecule has 0 radical (unpaired) electrons. The van der Waals surface area contributed by atoms with E-state index in [9.17, 15) is 0 Å². The second-order valence-corrected chi connectivity index (χ2v) is 21.0. The van der Waals surface area contributed by atoms with Gasteiger partial charge in [0, 0.05) is 38.5 Å². The molecule has 2 aliphatic rings. The number of furan rings is 1. The lowest BCUT2D eigenvalue weighted by Gasteiger charge is -2.33. The minimum absolute atomic E-state index is 0.00408. The summed E-state index contributed by atoms with van der Waals surface area (Å²) in [6, 6.07) is 57.1. The molecular formula is C60H55NO. The van der Waals surface area contributed by atoms with Crippen LogP contribution < -0.4 is 4.90 Å². The van der Waals surface area contributed by atoms with Crippen molar-refractivity contribution in [3.8, 4) is 33.4 Å². The summed E-state index contributed by atoms with van der Waals surface area (Å²) in [6.45, 7) is 23.4. The first-order chi connectivity index (χ1) is 29.5. The van der Waals surface area contributed by atoms with Crippen LogP contribution in [0.5, 0.6) is 0 Å². The molecule has 1 heterocycles. The lowest BCUT2D eigenvalue weighted by molar-refractivity contribution is 0.559. The van der Waals surface area contributed by atoms with Crippen LogP contribution in [-0.2, 0) is 21.7 Å². The average Bonchev–Trinajstić information content (AvgIpc) is 3.81. The molecule has 2 heteroatoms. The van der Waals surface area contributed by atoms with Crippen molar-refractivity contribution in [2.45, 2.75) is 90.9 Å². The van der Waals surface area contributed by atoms with Crippen LogP contribution in [0.2, 0.25) is 0 Å². The van der Waals surface area contributed by atoms with Gasteiger partial charge in [0.2, 0.25) is 0 Å². The zero-order valence-electron chi connectivity index (χ0n) is 37.8.